The second-order valence-electron chi connectivity index (χ2n) is 2.78. The van der Waals surface area contributed by atoms with Crippen LogP contribution in [0.15, 0.2) is 20.9 Å². The zero-order chi connectivity index (χ0) is 10.6. The van der Waals surface area contributed by atoms with Crippen molar-refractivity contribution in [2.45, 2.75) is 6.54 Å². The summed E-state index contributed by atoms with van der Waals surface area (Å²) in [6, 6.07) is 2.09. The van der Waals surface area contributed by atoms with Crippen LogP contribution in [0.25, 0.3) is 0 Å². The van der Waals surface area contributed by atoms with Crippen LogP contribution >= 0.6 is 27.3 Å². The molecule has 0 unspecified atom stereocenters. The second kappa shape index (κ2) is 5.33. The largest absolute Gasteiger partial charge is 0.340 e. The first-order valence-corrected chi connectivity index (χ1v) is 5.72. The summed E-state index contributed by atoms with van der Waals surface area (Å²) in [5.41, 5.74) is 2.55. The fraction of sp³-hybridized carbons (Fsp3) is 0.375. The molecule has 4 nitrogen and oxygen atoms in total. The first-order valence-electron chi connectivity index (χ1n) is 4.04. The number of rotatable bonds is 2. The van der Waals surface area contributed by atoms with Gasteiger partial charge in [-0.3, -0.25) is 10.4 Å². The van der Waals surface area contributed by atoms with E-state index in [2.05, 4.69) is 37.8 Å². The second-order valence-corrected chi connectivity index (χ2v) is 4.69. The highest BCUT2D eigenvalue weighted by Crippen LogP contribution is 2.20. The summed E-state index contributed by atoms with van der Waals surface area (Å²) in [4.78, 5) is 7.23. The maximum absolute atomic E-state index is 5.31. The van der Waals surface area contributed by atoms with E-state index < -0.39 is 0 Å². The lowest BCUT2D eigenvalue weighted by Crippen LogP contribution is -2.42. The van der Waals surface area contributed by atoms with E-state index in [0.29, 0.717) is 5.96 Å². The van der Waals surface area contributed by atoms with Crippen molar-refractivity contribution in [1.29, 1.82) is 0 Å². The highest BCUT2D eigenvalue weighted by atomic mass is 79.9. The number of halogens is 1. The van der Waals surface area contributed by atoms with Crippen molar-refractivity contribution >= 4 is 33.2 Å². The molecule has 1 aromatic heterocycles. The molecule has 1 aromatic rings. The summed E-state index contributed by atoms with van der Waals surface area (Å²) in [7, 11) is 3.64. The number of nitrogens with one attached hydrogen (secondary N) is 1. The van der Waals surface area contributed by atoms with Crippen molar-refractivity contribution < 1.29 is 0 Å². The van der Waals surface area contributed by atoms with Crippen molar-refractivity contribution in [2.75, 3.05) is 14.1 Å². The average molecular weight is 277 g/mol. The molecule has 0 fully saturated rings. The van der Waals surface area contributed by atoms with Gasteiger partial charge in [0.2, 0.25) is 5.96 Å². The van der Waals surface area contributed by atoms with Gasteiger partial charge in [-0.1, -0.05) is 0 Å². The average Bonchev–Trinajstić information content (AvgIpc) is 2.53. The summed E-state index contributed by atoms with van der Waals surface area (Å²) >= 11 is 5.12. The van der Waals surface area contributed by atoms with Gasteiger partial charge >= 0.3 is 0 Å². The highest BCUT2D eigenvalue weighted by molar-refractivity contribution is 9.10. The summed E-state index contributed by atoms with van der Waals surface area (Å²) in [6.07, 6.45) is 0. The van der Waals surface area contributed by atoms with E-state index in [9.17, 15) is 0 Å². The molecule has 0 saturated heterocycles. The predicted molar refractivity (Wildman–Crippen MR) is 64.2 cm³/mol. The van der Waals surface area contributed by atoms with Crippen LogP contribution in [0.5, 0.6) is 0 Å². The zero-order valence-electron chi connectivity index (χ0n) is 8.12. The Morgan fingerprint density at radius 1 is 1.79 bits per heavy atom. The Morgan fingerprint density at radius 2 is 2.50 bits per heavy atom. The Balaban J connectivity index is 2.60. The molecule has 78 valence electrons. The van der Waals surface area contributed by atoms with Crippen LogP contribution in [0.1, 0.15) is 4.88 Å². The molecule has 14 heavy (non-hydrogen) atoms. The summed E-state index contributed by atoms with van der Waals surface area (Å²) in [6.45, 7) is 0.799. The first kappa shape index (κ1) is 11.5. The van der Waals surface area contributed by atoms with Gasteiger partial charge in [0, 0.05) is 28.8 Å². The molecule has 0 atom stereocenters. The topological polar surface area (TPSA) is 53.6 Å². The maximum Gasteiger partial charge on any atom is 0.208 e. The van der Waals surface area contributed by atoms with Gasteiger partial charge in [0.05, 0.1) is 6.54 Å². The molecule has 1 heterocycles. The van der Waals surface area contributed by atoms with Gasteiger partial charge in [-0.25, -0.2) is 5.84 Å². The Bertz CT molecular complexity index is 323. The third-order valence-corrected chi connectivity index (χ3v) is 3.40. The fourth-order valence-corrected chi connectivity index (χ4v) is 2.59. The summed E-state index contributed by atoms with van der Waals surface area (Å²) in [5.74, 6) is 5.99. The van der Waals surface area contributed by atoms with Crippen LogP contribution in [-0.2, 0) is 6.54 Å². The van der Waals surface area contributed by atoms with E-state index in [1.165, 1.54) is 4.88 Å². The molecule has 3 N–H and O–H groups in total. The lowest BCUT2D eigenvalue weighted by Gasteiger charge is -2.18. The number of thiophene rings is 1. The molecule has 6 heteroatoms. The highest BCUT2D eigenvalue weighted by Gasteiger charge is 2.05. The van der Waals surface area contributed by atoms with E-state index in [4.69, 9.17) is 5.84 Å². The van der Waals surface area contributed by atoms with Crippen LogP contribution in [0.3, 0.4) is 0 Å². The Kier molecular flexibility index (Phi) is 4.37. The lowest BCUT2D eigenvalue weighted by molar-refractivity contribution is 0.483. The van der Waals surface area contributed by atoms with Crippen molar-refractivity contribution in [3.63, 3.8) is 0 Å². The van der Waals surface area contributed by atoms with Gasteiger partial charge in [-0.2, -0.15) is 0 Å². The number of nitrogens with zero attached hydrogens (tertiary/aromatic N) is 2. The van der Waals surface area contributed by atoms with Crippen LogP contribution in [0, 0.1) is 0 Å². The van der Waals surface area contributed by atoms with Gasteiger partial charge in [0.1, 0.15) is 0 Å². The fourth-order valence-electron chi connectivity index (χ4n) is 1.09. The molecule has 0 radical (unpaired) electrons. The van der Waals surface area contributed by atoms with Gasteiger partial charge in [0.15, 0.2) is 0 Å². The molecule has 0 amide bonds. The van der Waals surface area contributed by atoms with Crippen LogP contribution < -0.4 is 11.3 Å². The molecule has 0 spiro atoms. The normalized spacial score (nSPS) is 11.6. The van der Waals surface area contributed by atoms with Gasteiger partial charge in [-0.15, -0.1) is 11.3 Å². The van der Waals surface area contributed by atoms with Crippen molar-refractivity contribution in [2.24, 2.45) is 10.8 Å². The monoisotopic (exact) mass is 276 g/mol. The molecule has 0 bridgehead atoms. The van der Waals surface area contributed by atoms with Crippen LogP contribution in [0.2, 0.25) is 0 Å². The van der Waals surface area contributed by atoms with Gasteiger partial charge in [-0.05, 0) is 22.0 Å². The molecule has 0 aliphatic heterocycles. The number of guanidine groups is 1. The molecular formula is C8H13BrN4S. The number of hydrogen-bond donors (Lipinski definition) is 2. The summed E-state index contributed by atoms with van der Waals surface area (Å²) in [5, 5.41) is 2.06. The quantitative estimate of drug-likeness (QED) is 0.372. The van der Waals surface area contributed by atoms with E-state index in [0.717, 1.165) is 11.0 Å². The Morgan fingerprint density at radius 3 is 2.93 bits per heavy atom. The SMILES string of the molecule is CN=C(NN)N(C)Cc1cc(Br)cs1. The molecule has 0 saturated carbocycles. The Labute approximate surface area is 95.9 Å². The van der Waals surface area contributed by atoms with Crippen molar-refractivity contribution in [3.05, 3.63) is 20.8 Å². The minimum atomic E-state index is 0.675. The van der Waals surface area contributed by atoms with E-state index >= 15 is 0 Å². The smallest absolute Gasteiger partial charge is 0.208 e. The minimum Gasteiger partial charge on any atom is -0.340 e. The maximum atomic E-state index is 5.31. The Hall–Kier alpha value is -0.590. The molecule has 0 aromatic carbocycles. The third-order valence-electron chi connectivity index (χ3n) is 1.72. The molecule has 0 aliphatic rings. The van der Waals surface area contributed by atoms with Gasteiger partial charge < -0.3 is 4.90 Å². The van der Waals surface area contributed by atoms with Gasteiger partial charge in [0.25, 0.3) is 0 Å². The first-order chi connectivity index (χ1) is 6.67. The van der Waals surface area contributed by atoms with Crippen LogP contribution in [-0.4, -0.2) is 25.0 Å². The third kappa shape index (κ3) is 2.97. The number of hydrazine groups is 1. The van der Waals surface area contributed by atoms with E-state index in [1.807, 2.05) is 11.9 Å². The number of nitrogens with two attached hydrogens (primary N) is 1. The van der Waals surface area contributed by atoms with Crippen molar-refractivity contribution in [1.82, 2.24) is 10.3 Å². The lowest BCUT2D eigenvalue weighted by atomic mass is 10.4. The van der Waals surface area contributed by atoms with Crippen LogP contribution in [0.4, 0.5) is 0 Å². The number of hydrogen-bond acceptors (Lipinski definition) is 3. The minimum absolute atomic E-state index is 0.675. The van der Waals surface area contributed by atoms with Crippen molar-refractivity contribution in [3.8, 4) is 0 Å². The predicted octanol–water partition coefficient (Wildman–Crippen LogP) is 1.39. The van der Waals surface area contributed by atoms with E-state index in [-0.39, 0.29) is 0 Å². The molecule has 0 aliphatic carbocycles. The zero-order valence-corrected chi connectivity index (χ0v) is 10.5. The molecule has 1 rings (SSSR count). The standard InChI is InChI=1S/C8H13BrN4S/c1-11-8(12-10)13(2)4-7-3-6(9)5-14-7/h3,5H,4,10H2,1-2H3,(H,11,12). The molecular weight excluding hydrogens is 264 g/mol. The van der Waals surface area contributed by atoms with E-state index in [1.54, 1.807) is 18.4 Å². The summed E-state index contributed by atoms with van der Waals surface area (Å²) < 4.78 is 1.11. The number of aliphatic imine (C=N–C) groups is 1.